The van der Waals surface area contributed by atoms with Crippen LogP contribution in [0.2, 0.25) is 5.02 Å². The first-order valence-electron chi connectivity index (χ1n) is 6.12. The molecule has 4 heteroatoms. The first kappa shape index (κ1) is 12.5. The molecule has 0 spiro atoms. The maximum absolute atomic E-state index is 13.9. The summed E-state index contributed by atoms with van der Waals surface area (Å²) in [4.78, 5) is 0. The fourth-order valence-corrected chi connectivity index (χ4v) is 2.57. The van der Waals surface area contributed by atoms with Crippen LogP contribution in [-0.2, 0) is 6.42 Å². The summed E-state index contributed by atoms with van der Waals surface area (Å²) in [6.45, 7) is 0.655. The zero-order valence-electron chi connectivity index (χ0n) is 10.2. The lowest BCUT2D eigenvalue weighted by atomic mass is 9.96. The Hall–Kier alpha value is -1.58. The molecular formula is C15H13ClFNO. The van der Waals surface area contributed by atoms with E-state index in [0.29, 0.717) is 17.2 Å². The van der Waals surface area contributed by atoms with Gasteiger partial charge in [-0.1, -0.05) is 35.9 Å². The number of rotatable bonds is 2. The van der Waals surface area contributed by atoms with Crippen LogP contribution in [0.15, 0.2) is 36.4 Å². The molecule has 2 nitrogen and oxygen atoms in total. The van der Waals surface area contributed by atoms with Crippen molar-refractivity contribution < 1.29 is 9.13 Å². The fourth-order valence-electron chi connectivity index (χ4n) is 2.41. The predicted octanol–water partition coefficient (Wildman–Crippen LogP) is 3.46. The second-order valence-electron chi connectivity index (χ2n) is 4.58. The molecule has 0 fully saturated rings. The number of nitrogens with two attached hydrogens (primary N) is 1. The van der Waals surface area contributed by atoms with Gasteiger partial charge in [0, 0.05) is 22.6 Å². The minimum Gasteiger partial charge on any atom is -0.493 e. The maximum Gasteiger partial charge on any atom is 0.129 e. The highest BCUT2D eigenvalue weighted by Crippen LogP contribution is 2.35. The molecule has 2 aromatic carbocycles. The standard InChI is InChI=1S/C15H13ClFNO/c16-10-4-5-11(13(17)8-10)14(18)12-3-1-2-9-6-7-19-15(9)12/h1-5,8,14H,6-7,18H2. The van der Waals surface area contributed by atoms with E-state index in [2.05, 4.69) is 0 Å². The number of para-hydroxylation sites is 1. The Bertz CT molecular complexity index is 630. The van der Waals surface area contributed by atoms with Crippen molar-refractivity contribution in [1.29, 1.82) is 0 Å². The maximum atomic E-state index is 13.9. The number of halogens is 2. The summed E-state index contributed by atoms with van der Waals surface area (Å²) < 4.78 is 19.5. The molecule has 1 unspecified atom stereocenters. The predicted molar refractivity (Wildman–Crippen MR) is 73.1 cm³/mol. The Morgan fingerprint density at radius 2 is 2.05 bits per heavy atom. The van der Waals surface area contributed by atoms with Gasteiger partial charge in [0.1, 0.15) is 11.6 Å². The van der Waals surface area contributed by atoms with Gasteiger partial charge in [-0.05, 0) is 17.7 Å². The third-order valence-electron chi connectivity index (χ3n) is 3.38. The molecule has 0 radical (unpaired) electrons. The fraction of sp³-hybridized carbons (Fsp3) is 0.200. The van der Waals surface area contributed by atoms with Crippen LogP contribution in [0.25, 0.3) is 0 Å². The van der Waals surface area contributed by atoms with Crippen LogP contribution >= 0.6 is 11.6 Å². The second kappa shape index (κ2) is 4.83. The van der Waals surface area contributed by atoms with Crippen molar-refractivity contribution >= 4 is 11.6 Å². The number of ether oxygens (including phenoxy) is 1. The molecule has 1 aliphatic rings. The van der Waals surface area contributed by atoms with Gasteiger partial charge in [-0.15, -0.1) is 0 Å². The summed E-state index contributed by atoms with van der Waals surface area (Å²) in [5.74, 6) is 0.403. The first-order chi connectivity index (χ1) is 9.16. The van der Waals surface area contributed by atoms with E-state index < -0.39 is 11.9 Å². The number of fused-ring (bicyclic) bond motifs is 1. The van der Waals surface area contributed by atoms with Crippen LogP contribution in [0.5, 0.6) is 5.75 Å². The normalized spacial score (nSPS) is 14.9. The zero-order valence-corrected chi connectivity index (χ0v) is 11.0. The number of benzene rings is 2. The van der Waals surface area contributed by atoms with E-state index >= 15 is 0 Å². The molecule has 3 rings (SSSR count). The van der Waals surface area contributed by atoms with E-state index in [1.54, 1.807) is 12.1 Å². The molecule has 19 heavy (non-hydrogen) atoms. The molecule has 1 aliphatic heterocycles. The summed E-state index contributed by atoms with van der Waals surface area (Å²) >= 11 is 5.76. The van der Waals surface area contributed by atoms with Gasteiger partial charge in [0.05, 0.1) is 12.6 Å². The molecule has 0 saturated heterocycles. The van der Waals surface area contributed by atoms with Crippen molar-refractivity contribution in [1.82, 2.24) is 0 Å². The van der Waals surface area contributed by atoms with Crippen LogP contribution in [0.4, 0.5) is 4.39 Å². The SMILES string of the molecule is NC(c1ccc(Cl)cc1F)c1cccc2c1OCC2. The van der Waals surface area contributed by atoms with Crippen molar-refractivity contribution in [2.24, 2.45) is 5.73 Å². The second-order valence-corrected chi connectivity index (χ2v) is 5.01. The van der Waals surface area contributed by atoms with Crippen molar-refractivity contribution in [2.75, 3.05) is 6.61 Å². The lowest BCUT2D eigenvalue weighted by Gasteiger charge is -2.16. The molecule has 0 amide bonds. The van der Waals surface area contributed by atoms with E-state index in [0.717, 1.165) is 23.3 Å². The van der Waals surface area contributed by atoms with Crippen LogP contribution < -0.4 is 10.5 Å². The average molecular weight is 278 g/mol. The lowest BCUT2D eigenvalue weighted by Crippen LogP contribution is -2.14. The average Bonchev–Trinajstić information content (AvgIpc) is 2.86. The third kappa shape index (κ3) is 2.20. The van der Waals surface area contributed by atoms with Crippen molar-refractivity contribution in [3.63, 3.8) is 0 Å². The molecule has 0 aromatic heterocycles. The minimum atomic E-state index is -0.551. The Morgan fingerprint density at radius 1 is 1.21 bits per heavy atom. The van der Waals surface area contributed by atoms with Crippen LogP contribution in [0.1, 0.15) is 22.7 Å². The van der Waals surface area contributed by atoms with E-state index in [4.69, 9.17) is 22.1 Å². The van der Waals surface area contributed by atoms with Gasteiger partial charge in [-0.25, -0.2) is 4.39 Å². The van der Waals surface area contributed by atoms with E-state index in [1.165, 1.54) is 6.07 Å². The molecular weight excluding hydrogens is 265 g/mol. The number of hydrogen-bond acceptors (Lipinski definition) is 2. The van der Waals surface area contributed by atoms with Crippen LogP contribution in [0, 0.1) is 5.82 Å². The van der Waals surface area contributed by atoms with Gasteiger partial charge < -0.3 is 10.5 Å². The van der Waals surface area contributed by atoms with Gasteiger partial charge >= 0.3 is 0 Å². The highest BCUT2D eigenvalue weighted by atomic mass is 35.5. The van der Waals surface area contributed by atoms with Crippen molar-refractivity contribution in [2.45, 2.75) is 12.5 Å². The van der Waals surface area contributed by atoms with E-state index in [-0.39, 0.29) is 0 Å². The molecule has 0 bridgehead atoms. The van der Waals surface area contributed by atoms with E-state index in [9.17, 15) is 4.39 Å². The quantitative estimate of drug-likeness (QED) is 0.912. The molecule has 98 valence electrons. The summed E-state index contributed by atoms with van der Waals surface area (Å²) in [6, 6.07) is 9.81. The zero-order chi connectivity index (χ0) is 13.4. The Balaban J connectivity index is 2.05. The highest BCUT2D eigenvalue weighted by Gasteiger charge is 2.22. The highest BCUT2D eigenvalue weighted by molar-refractivity contribution is 6.30. The van der Waals surface area contributed by atoms with Gasteiger partial charge in [0.2, 0.25) is 0 Å². The Labute approximate surface area is 115 Å². The summed E-state index contributed by atoms with van der Waals surface area (Å²) in [7, 11) is 0. The minimum absolute atomic E-state index is 0.364. The molecule has 1 atom stereocenters. The van der Waals surface area contributed by atoms with Gasteiger partial charge in [-0.2, -0.15) is 0 Å². The van der Waals surface area contributed by atoms with Gasteiger partial charge in [0.15, 0.2) is 0 Å². The Kier molecular flexibility index (Phi) is 3.17. The molecule has 0 saturated carbocycles. The molecule has 2 N–H and O–H groups in total. The Morgan fingerprint density at radius 3 is 2.84 bits per heavy atom. The smallest absolute Gasteiger partial charge is 0.129 e. The molecule has 0 aliphatic carbocycles. The lowest BCUT2D eigenvalue weighted by molar-refractivity contribution is 0.352. The van der Waals surface area contributed by atoms with Crippen LogP contribution in [0.3, 0.4) is 0 Å². The molecule has 1 heterocycles. The van der Waals surface area contributed by atoms with Crippen molar-refractivity contribution in [3.05, 3.63) is 63.9 Å². The van der Waals surface area contributed by atoms with Gasteiger partial charge in [-0.3, -0.25) is 0 Å². The van der Waals surface area contributed by atoms with E-state index in [1.807, 2.05) is 18.2 Å². The first-order valence-corrected chi connectivity index (χ1v) is 6.50. The molecule has 2 aromatic rings. The van der Waals surface area contributed by atoms with Gasteiger partial charge in [0.25, 0.3) is 0 Å². The largest absolute Gasteiger partial charge is 0.493 e. The van der Waals surface area contributed by atoms with Crippen LogP contribution in [-0.4, -0.2) is 6.61 Å². The monoisotopic (exact) mass is 277 g/mol. The number of hydrogen-bond donors (Lipinski definition) is 1. The van der Waals surface area contributed by atoms with Crippen molar-refractivity contribution in [3.8, 4) is 5.75 Å². The third-order valence-corrected chi connectivity index (χ3v) is 3.61. The topological polar surface area (TPSA) is 35.2 Å². The summed E-state index contributed by atoms with van der Waals surface area (Å²) in [5.41, 5.74) is 8.54. The summed E-state index contributed by atoms with van der Waals surface area (Å²) in [5, 5.41) is 0.364. The summed E-state index contributed by atoms with van der Waals surface area (Å²) in [6.07, 6.45) is 0.874.